The maximum absolute atomic E-state index is 10.8. The van der Waals surface area contributed by atoms with Crippen molar-refractivity contribution in [2.24, 2.45) is 5.92 Å². The molecule has 0 unspecified atom stereocenters. The first-order valence-corrected chi connectivity index (χ1v) is 14.2. The predicted molar refractivity (Wildman–Crippen MR) is 159 cm³/mol. The van der Waals surface area contributed by atoms with Crippen LogP contribution in [0.25, 0.3) is 33.4 Å². The van der Waals surface area contributed by atoms with Crippen molar-refractivity contribution < 1.29 is 88.4 Å². The molecule has 0 fully saturated rings. The molecule has 0 amide bonds. The van der Waals surface area contributed by atoms with E-state index in [0.29, 0.717) is 49.9 Å². The number of carbonyl (C=O) groups excluding carboxylic acids is 2. The van der Waals surface area contributed by atoms with E-state index in [9.17, 15) is 19.8 Å². The minimum atomic E-state index is -1.61. The van der Waals surface area contributed by atoms with E-state index in [4.69, 9.17) is 19.4 Å². The van der Waals surface area contributed by atoms with Gasteiger partial charge in [-0.05, 0) is 47.4 Å². The molecule has 0 bridgehead atoms. The van der Waals surface area contributed by atoms with Crippen LogP contribution in [0.2, 0.25) is 0 Å². The van der Waals surface area contributed by atoms with Gasteiger partial charge in [-0.15, -0.1) is 0 Å². The van der Waals surface area contributed by atoms with Crippen LogP contribution in [0.3, 0.4) is 0 Å². The van der Waals surface area contributed by atoms with Crippen LogP contribution in [0.1, 0.15) is 31.2 Å². The van der Waals surface area contributed by atoms with E-state index in [1.54, 1.807) is 0 Å². The van der Waals surface area contributed by atoms with Gasteiger partial charge in [-0.1, -0.05) is 91.7 Å². The van der Waals surface area contributed by atoms with Crippen LogP contribution in [0, 0.1) is 5.92 Å². The van der Waals surface area contributed by atoms with Crippen LogP contribution in [0.4, 0.5) is 0 Å². The van der Waals surface area contributed by atoms with Crippen molar-refractivity contribution in [2.45, 2.75) is 32.3 Å². The number of carbonyl (C=O) groups is 2. The van der Waals surface area contributed by atoms with Gasteiger partial charge in [0.25, 0.3) is 0 Å². The van der Waals surface area contributed by atoms with E-state index in [1.807, 2.05) is 103 Å². The van der Waals surface area contributed by atoms with Gasteiger partial charge < -0.3 is 29.3 Å². The van der Waals surface area contributed by atoms with Gasteiger partial charge in [-0.2, -0.15) is 4.98 Å². The quantitative estimate of drug-likeness (QED) is 0.0845. The van der Waals surface area contributed by atoms with E-state index in [1.165, 1.54) is 0 Å². The third-order valence-corrected chi connectivity index (χ3v) is 7.05. The van der Waals surface area contributed by atoms with Gasteiger partial charge in [0.1, 0.15) is 12.4 Å². The first-order valence-electron chi connectivity index (χ1n) is 14.2. The zero-order valence-electron chi connectivity index (χ0n) is 25.5. The molecule has 5 aromatic rings. The number of carboxylic acid groups (broad SMARTS) is 2. The zero-order valence-corrected chi connectivity index (χ0v) is 29.5. The number of hydrogen-bond donors (Lipinski definition) is 0. The van der Waals surface area contributed by atoms with Crippen LogP contribution >= 0.6 is 0 Å². The molecule has 0 aliphatic carbocycles. The molecule has 0 aliphatic heterocycles. The summed E-state index contributed by atoms with van der Waals surface area (Å²) in [7, 11) is 0. The van der Waals surface area contributed by atoms with E-state index in [0.717, 1.165) is 33.2 Å². The number of hydrogen-bond acceptors (Lipinski definition) is 8. The van der Waals surface area contributed by atoms with Crippen molar-refractivity contribution in [3.8, 4) is 34.3 Å². The smallest absolute Gasteiger partial charge is 0.549 e. The molecular weight excluding hydrogens is 590 g/mol. The largest absolute Gasteiger partial charge is 1.00 e. The number of rotatable bonds is 14. The Balaban J connectivity index is 0.00000276. The topological polar surface area (TPSA) is 124 Å². The Kier molecular flexibility index (Phi) is 14.5. The first kappa shape index (κ1) is 36.2. The molecule has 45 heavy (non-hydrogen) atoms. The minimum absolute atomic E-state index is 0. The summed E-state index contributed by atoms with van der Waals surface area (Å²) in [4.78, 5) is 31.3. The van der Waals surface area contributed by atoms with Crippen molar-refractivity contribution in [3.05, 3.63) is 109 Å². The third kappa shape index (κ3) is 10.4. The van der Waals surface area contributed by atoms with Crippen LogP contribution in [0.15, 0.2) is 103 Å². The summed E-state index contributed by atoms with van der Waals surface area (Å²) in [6.07, 6.45) is 1.71. The molecule has 0 spiro atoms. The van der Waals surface area contributed by atoms with Crippen LogP contribution < -0.4 is 78.8 Å². The normalized spacial score (nSPS) is 10.5. The summed E-state index contributed by atoms with van der Waals surface area (Å²) in [5.74, 6) is -3.03. The fourth-order valence-corrected chi connectivity index (χ4v) is 4.72. The molecule has 0 saturated heterocycles. The summed E-state index contributed by atoms with van der Waals surface area (Å²) >= 11 is 0. The number of aliphatic carboxylic acids is 2. The molecule has 218 valence electrons. The maximum atomic E-state index is 10.8. The summed E-state index contributed by atoms with van der Waals surface area (Å²) in [6.45, 7) is 0.822. The number of nitrogens with zero attached hydrogens (tertiary/aromatic N) is 2. The number of unbranched alkanes of at least 4 members (excludes halogenated alkanes) is 2. The van der Waals surface area contributed by atoms with E-state index in [2.05, 4.69) is 0 Å². The van der Waals surface area contributed by atoms with Gasteiger partial charge in [0.15, 0.2) is 5.82 Å². The molecule has 0 aliphatic rings. The predicted octanol–water partition coefficient (Wildman–Crippen LogP) is -1.39. The molecule has 0 N–H and O–H groups in total. The summed E-state index contributed by atoms with van der Waals surface area (Å²) in [5, 5.41) is 23.7. The fraction of sp³-hybridized carbons (Fsp3) is 0.200. The molecule has 4 aromatic carbocycles. The van der Waals surface area contributed by atoms with Crippen molar-refractivity contribution in [1.82, 2.24) is 9.97 Å². The van der Waals surface area contributed by atoms with Crippen molar-refractivity contribution in [3.63, 3.8) is 0 Å². The van der Waals surface area contributed by atoms with Crippen LogP contribution in [-0.4, -0.2) is 28.5 Å². The van der Waals surface area contributed by atoms with Gasteiger partial charge in [0.05, 0.1) is 24.2 Å². The van der Waals surface area contributed by atoms with E-state index in [-0.39, 0.29) is 65.5 Å². The molecule has 10 heteroatoms. The van der Waals surface area contributed by atoms with Crippen molar-refractivity contribution in [2.75, 3.05) is 6.61 Å². The van der Waals surface area contributed by atoms with E-state index >= 15 is 0 Å². The molecule has 0 radical (unpaired) electrons. The zero-order chi connectivity index (χ0) is 30.0. The SMILES string of the molecule is O=C([O-])C(CCCCCOc1ccc2cc(-c3nc(OCc4ccccc4)cc(-c4ccccc4)n3)ccc2c1)C(=O)[O-].[Na+].[Na+]. The Morgan fingerprint density at radius 2 is 1.33 bits per heavy atom. The Morgan fingerprint density at radius 1 is 0.667 bits per heavy atom. The monoisotopic (exact) mass is 620 g/mol. The maximum Gasteiger partial charge on any atom is 1.00 e. The summed E-state index contributed by atoms with van der Waals surface area (Å²) < 4.78 is 12.0. The number of fused-ring (bicyclic) bond motifs is 1. The molecule has 5 rings (SSSR count). The number of ether oxygens (including phenoxy) is 2. The van der Waals surface area contributed by atoms with Crippen LogP contribution in [0.5, 0.6) is 11.6 Å². The number of carboxylic acids is 2. The van der Waals surface area contributed by atoms with Crippen LogP contribution in [-0.2, 0) is 16.2 Å². The fourth-order valence-electron chi connectivity index (χ4n) is 4.72. The average molecular weight is 621 g/mol. The first-order chi connectivity index (χ1) is 21.0. The van der Waals surface area contributed by atoms with E-state index < -0.39 is 17.9 Å². The Hall–Kier alpha value is -3.24. The second-order valence-electron chi connectivity index (χ2n) is 10.2. The molecule has 0 atom stereocenters. The number of benzene rings is 4. The Bertz CT molecular complexity index is 1690. The molecular formula is C35H30N2Na2O6. The van der Waals surface area contributed by atoms with Gasteiger partial charge >= 0.3 is 59.1 Å². The standard InChI is InChI=1S/C35H32N2O6.2Na/c38-34(39)30(35(40)41)14-8-3-9-19-42-29-18-17-26-20-28(16-15-27(26)21-29)33-36-31(25-12-6-2-7-13-25)22-32(37-33)43-23-24-10-4-1-5-11-24;;/h1-2,4-7,10-13,15-18,20-22,30H,3,8-9,14,19,23H2,(H,38,39)(H,40,41);;/q;2*+1/p-2. The summed E-state index contributed by atoms with van der Waals surface area (Å²) in [5.41, 5.74) is 3.64. The Labute approximate surface area is 306 Å². The van der Waals surface area contributed by atoms with Gasteiger partial charge in [-0.25, -0.2) is 4.98 Å². The van der Waals surface area contributed by atoms with Gasteiger partial charge in [0.2, 0.25) is 5.88 Å². The van der Waals surface area contributed by atoms with Crippen molar-refractivity contribution in [1.29, 1.82) is 0 Å². The molecule has 0 saturated carbocycles. The average Bonchev–Trinajstić information content (AvgIpc) is 3.03. The molecule has 8 nitrogen and oxygen atoms in total. The third-order valence-electron chi connectivity index (χ3n) is 7.05. The van der Waals surface area contributed by atoms with Gasteiger partial charge in [0, 0.05) is 23.1 Å². The second kappa shape index (κ2) is 18.0. The van der Waals surface area contributed by atoms with Crippen molar-refractivity contribution >= 4 is 22.7 Å². The summed E-state index contributed by atoms with van der Waals surface area (Å²) in [6, 6.07) is 33.6. The molecule has 1 aromatic heterocycles. The molecule has 1 heterocycles. The minimum Gasteiger partial charge on any atom is -0.549 e. The number of aromatic nitrogens is 2. The van der Waals surface area contributed by atoms with Gasteiger partial charge in [-0.3, -0.25) is 0 Å². The Morgan fingerprint density at radius 3 is 2.04 bits per heavy atom. The second-order valence-corrected chi connectivity index (χ2v) is 10.2.